The minimum Gasteiger partial charge on any atom is -0.414 e. The van der Waals surface area contributed by atoms with Crippen molar-refractivity contribution in [2.75, 3.05) is 25.6 Å². The standard InChI is InChI=1S/C27H47NO2SSi.C21H31NO2S.2CH4.2H2S/c1-7-32(8-2,9-3)30-26-16-13-20-27(5)24(17-18-25(26)27)22(4)19-21-31(29,28-6)23-14-11-10-12-15-23;1-16(13-15-25(24,22-3)17-8-5-4-6-9-17)18-11-12-19-20(23)10-7-14-21(18,19)2;;;;/h10-12,14-15,22,24-26H,7-9,13,16-21H2,1-6H3;4-6,8-9,16,18-19H,7,10-15H2,1-3H3;2*1H4;2*1H2/t22-,24-,25+,26+,27-,31?;16-,18-,19+,21-,25?;;;;/m11..../s1. The summed E-state index contributed by atoms with van der Waals surface area (Å²) in [6, 6.07) is 23.3. The number of carbonyl (C=O) groups excluding carboxylic acids is 1. The highest BCUT2D eigenvalue weighted by atomic mass is 32.2. The molecule has 4 saturated carbocycles. The lowest BCUT2D eigenvalue weighted by atomic mass is 9.61. The Bertz CT molecular complexity index is 1850. The molecular weight excluding hydrogens is 849 g/mol. The number of Topliss-reactive ketones (excluding diaryl/α,β-unsaturated/α-hetero) is 1. The van der Waals surface area contributed by atoms with Crippen LogP contribution in [0.3, 0.4) is 0 Å². The molecule has 2 aromatic rings. The number of hydrogen-bond donors (Lipinski definition) is 0. The summed E-state index contributed by atoms with van der Waals surface area (Å²) in [6.45, 7) is 16.6. The van der Waals surface area contributed by atoms with Crippen LogP contribution >= 0.6 is 27.0 Å². The van der Waals surface area contributed by atoms with E-state index in [9.17, 15) is 13.2 Å². The minimum absolute atomic E-state index is 0. The molecule has 2 aromatic carbocycles. The Hall–Kier alpha value is -1.11. The lowest BCUT2D eigenvalue weighted by molar-refractivity contribution is -0.130. The Labute approximate surface area is 391 Å². The molecule has 0 N–H and O–H groups in total. The van der Waals surface area contributed by atoms with Gasteiger partial charge in [-0.25, -0.2) is 17.1 Å². The van der Waals surface area contributed by atoms with E-state index in [1.165, 1.54) is 56.7 Å². The van der Waals surface area contributed by atoms with Crippen LogP contribution in [0, 0.1) is 46.3 Å². The number of hydrogen-bond acceptors (Lipinski definition) is 6. The summed E-state index contributed by atoms with van der Waals surface area (Å²) >= 11 is 0. The summed E-state index contributed by atoms with van der Waals surface area (Å²) in [5.41, 5.74) is 0.528. The van der Waals surface area contributed by atoms with Crippen LogP contribution in [-0.4, -0.2) is 54.2 Å². The van der Waals surface area contributed by atoms with E-state index in [-0.39, 0.29) is 53.2 Å². The van der Waals surface area contributed by atoms with Crippen LogP contribution < -0.4 is 0 Å². The summed E-state index contributed by atoms with van der Waals surface area (Å²) < 4.78 is 42.6. The van der Waals surface area contributed by atoms with Crippen molar-refractivity contribution in [3.05, 3.63) is 60.7 Å². The van der Waals surface area contributed by atoms with Gasteiger partial charge in [-0.2, -0.15) is 27.0 Å². The lowest BCUT2D eigenvalue weighted by Gasteiger charge is -2.49. The third-order valence-corrected chi connectivity index (χ3v) is 25.7. The van der Waals surface area contributed by atoms with Gasteiger partial charge >= 0.3 is 0 Å². The highest BCUT2D eigenvalue weighted by Crippen LogP contribution is 2.60. The van der Waals surface area contributed by atoms with Gasteiger partial charge in [0.2, 0.25) is 0 Å². The second-order valence-corrected chi connectivity index (χ2v) is 28.6. The van der Waals surface area contributed by atoms with E-state index in [4.69, 9.17) is 4.43 Å². The van der Waals surface area contributed by atoms with E-state index in [2.05, 4.69) is 57.2 Å². The highest BCUT2D eigenvalue weighted by molar-refractivity contribution is 7.94. The number of ketones is 1. The molecule has 0 saturated heterocycles. The monoisotopic (exact) mass is 939 g/mol. The van der Waals surface area contributed by atoms with E-state index in [0.717, 1.165) is 48.3 Å². The maximum absolute atomic E-state index is 13.6. The van der Waals surface area contributed by atoms with Crippen LogP contribution in [0.5, 0.6) is 0 Å². The molecule has 0 bridgehead atoms. The Kier molecular flexibility index (Phi) is 23.7. The molecule has 0 aliphatic heterocycles. The Morgan fingerprint density at radius 1 is 0.689 bits per heavy atom. The van der Waals surface area contributed by atoms with Crippen LogP contribution in [0.2, 0.25) is 18.1 Å². The molecule has 4 fully saturated rings. The molecule has 4 aliphatic rings. The second-order valence-electron chi connectivity index (χ2n) is 18.9. The average Bonchev–Trinajstić information content (AvgIpc) is 3.79. The van der Waals surface area contributed by atoms with Gasteiger partial charge in [-0.3, -0.25) is 4.79 Å². The van der Waals surface area contributed by atoms with Crippen molar-refractivity contribution in [2.45, 2.75) is 174 Å². The van der Waals surface area contributed by atoms with E-state index >= 15 is 0 Å². The molecule has 6 nitrogen and oxygen atoms in total. The van der Waals surface area contributed by atoms with Gasteiger partial charge in [-0.1, -0.05) is 106 Å². The third kappa shape index (κ3) is 12.6. The second kappa shape index (κ2) is 25.0. The van der Waals surface area contributed by atoms with Gasteiger partial charge in [-0.15, -0.1) is 0 Å². The van der Waals surface area contributed by atoms with Crippen molar-refractivity contribution in [3.63, 3.8) is 0 Å². The lowest BCUT2D eigenvalue weighted by Crippen LogP contribution is -2.48. The minimum atomic E-state index is -2.33. The molecule has 0 amide bonds. The quantitative estimate of drug-likeness (QED) is 0.167. The first kappa shape index (κ1) is 57.9. The van der Waals surface area contributed by atoms with Gasteiger partial charge in [0.15, 0.2) is 8.32 Å². The molecule has 0 radical (unpaired) electrons. The molecular formula is C50H90N2O4S4Si. The normalized spacial score (nSPS) is 29.7. The first-order valence-electron chi connectivity index (χ1n) is 22.7. The Balaban J connectivity index is 0.000000586. The van der Waals surface area contributed by atoms with Crippen molar-refractivity contribution in [1.29, 1.82) is 0 Å². The number of fused-ring (bicyclic) bond motifs is 2. The summed E-state index contributed by atoms with van der Waals surface area (Å²) in [6.07, 6.45) is 14.0. The van der Waals surface area contributed by atoms with Crippen LogP contribution in [-0.2, 0) is 28.7 Å². The van der Waals surface area contributed by atoms with Crippen LogP contribution in [0.25, 0.3) is 0 Å². The summed E-state index contributed by atoms with van der Waals surface area (Å²) in [5, 5.41) is 0. The van der Waals surface area contributed by atoms with E-state index in [1.54, 1.807) is 14.1 Å². The zero-order valence-corrected chi connectivity index (χ0v) is 42.8. The fourth-order valence-corrected chi connectivity index (χ4v) is 19.2. The third-order valence-electron chi connectivity index (χ3n) is 16.3. The number of rotatable bonds is 15. The van der Waals surface area contributed by atoms with Crippen molar-refractivity contribution in [3.8, 4) is 0 Å². The molecule has 4 aliphatic carbocycles. The predicted molar refractivity (Wildman–Crippen MR) is 277 cm³/mol. The molecule has 352 valence electrons. The first-order valence-corrected chi connectivity index (χ1v) is 28.6. The summed E-state index contributed by atoms with van der Waals surface area (Å²) in [7, 11) is -2.83. The van der Waals surface area contributed by atoms with Gasteiger partial charge in [0.05, 0.1) is 19.5 Å². The van der Waals surface area contributed by atoms with Gasteiger partial charge in [-0.05, 0) is 147 Å². The van der Waals surface area contributed by atoms with Gasteiger partial charge in [0.1, 0.15) is 5.78 Å². The Morgan fingerprint density at radius 3 is 1.59 bits per heavy atom. The molecule has 11 atom stereocenters. The van der Waals surface area contributed by atoms with Crippen molar-refractivity contribution in [1.82, 2.24) is 0 Å². The summed E-state index contributed by atoms with van der Waals surface area (Å²) in [5.74, 6) is 5.06. The molecule has 0 heterocycles. The molecule has 2 unspecified atom stereocenters. The highest BCUT2D eigenvalue weighted by Gasteiger charge is 2.54. The number of nitrogens with zero attached hydrogens (tertiary/aromatic N) is 2. The Morgan fingerprint density at radius 2 is 1.13 bits per heavy atom. The molecule has 6 rings (SSSR count). The zero-order valence-electron chi connectivity index (χ0n) is 38.2. The van der Waals surface area contributed by atoms with Crippen molar-refractivity contribution < 1.29 is 17.6 Å². The maximum Gasteiger partial charge on any atom is 0.192 e. The molecule has 0 aromatic heterocycles. The van der Waals surface area contributed by atoms with Gasteiger partial charge in [0, 0.05) is 53.8 Å². The SMILES string of the molecule is C.C.CC[Si](CC)(CC)O[C@H]1CCC[C@]2(C)[C@@H]([C@H](C)CCS(=O)(=NC)c3ccccc3)CC[C@@H]12.CN=S(=O)(CC[C@@H](C)[C@H]1CC[C@H]2C(=O)CCC[C@]12C)c1ccccc1.S.S. The van der Waals surface area contributed by atoms with Crippen LogP contribution in [0.4, 0.5) is 0 Å². The predicted octanol–water partition coefficient (Wildman–Crippen LogP) is 14.2. The van der Waals surface area contributed by atoms with E-state index < -0.39 is 27.8 Å². The summed E-state index contributed by atoms with van der Waals surface area (Å²) in [4.78, 5) is 14.1. The smallest absolute Gasteiger partial charge is 0.192 e. The topological polar surface area (TPSA) is 85.2 Å². The largest absolute Gasteiger partial charge is 0.414 e. The van der Waals surface area contributed by atoms with Crippen molar-refractivity contribution >= 4 is 60.6 Å². The van der Waals surface area contributed by atoms with Crippen LogP contribution in [0.1, 0.15) is 140 Å². The zero-order chi connectivity index (χ0) is 41.5. The van der Waals surface area contributed by atoms with E-state index in [1.807, 2.05) is 60.7 Å². The number of carbonyl (C=O) groups is 1. The fourth-order valence-electron chi connectivity index (χ4n) is 12.5. The van der Waals surface area contributed by atoms with Gasteiger partial charge < -0.3 is 4.43 Å². The average molecular weight is 940 g/mol. The first-order chi connectivity index (χ1) is 27.2. The molecule has 0 spiro atoms. The molecule has 61 heavy (non-hydrogen) atoms. The van der Waals surface area contributed by atoms with Crippen molar-refractivity contribution in [2.24, 2.45) is 55.1 Å². The van der Waals surface area contributed by atoms with Crippen LogP contribution in [0.15, 0.2) is 79.2 Å². The fraction of sp³-hybridized carbons (Fsp3) is 0.740. The molecule has 11 heteroatoms. The van der Waals surface area contributed by atoms with E-state index in [0.29, 0.717) is 58.4 Å². The maximum atomic E-state index is 13.6. The van der Waals surface area contributed by atoms with Gasteiger partial charge in [0.25, 0.3) is 0 Å². The number of benzene rings is 2.